The molecular formula is C12H24O2Si. The molecule has 1 aliphatic rings. The molecular weight excluding hydrogens is 204 g/mol. The summed E-state index contributed by atoms with van der Waals surface area (Å²) in [4.78, 5) is 11.7. The van der Waals surface area contributed by atoms with Crippen molar-refractivity contribution >= 4 is 14.1 Å². The molecule has 3 heteroatoms. The molecule has 1 fully saturated rings. The first-order valence-corrected chi connectivity index (χ1v) is 8.81. The van der Waals surface area contributed by atoms with Gasteiger partial charge in [-0.2, -0.15) is 0 Å². The maximum atomic E-state index is 11.7. The van der Waals surface area contributed by atoms with Crippen molar-refractivity contribution in [3.63, 3.8) is 0 Å². The molecule has 0 bridgehead atoms. The van der Waals surface area contributed by atoms with E-state index in [1.54, 1.807) is 0 Å². The summed E-state index contributed by atoms with van der Waals surface area (Å²) in [5.41, 5.74) is 0. The van der Waals surface area contributed by atoms with Crippen molar-refractivity contribution < 1.29 is 9.22 Å². The van der Waals surface area contributed by atoms with Crippen LogP contribution in [-0.4, -0.2) is 20.7 Å². The highest BCUT2D eigenvalue weighted by molar-refractivity contribution is 6.74. The van der Waals surface area contributed by atoms with Crippen molar-refractivity contribution in [3.8, 4) is 0 Å². The lowest BCUT2D eigenvalue weighted by molar-refractivity contribution is -0.127. The van der Waals surface area contributed by atoms with Crippen LogP contribution in [0.3, 0.4) is 0 Å². The van der Waals surface area contributed by atoms with E-state index in [1.165, 1.54) is 6.42 Å². The first-order chi connectivity index (χ1) is 6.74. The van der Waals surface area contributed by atoms with Crippen LogP contribution < -0.4 is 0 Å². The Morgan fingerprint density at radius 2 is 1.87 bits per heavy atom. The Morgan fingerprint density at radius 1 is 1.33 bits per heavy atom. The van der Waals surface area contributed by atoms with Crippen molar-refractivity contribution in [2.75, 3.05) is 6.61 Å². The zero-order chi connectivity index (χ0) is 11.7. The predicted octanol–water partition coefficient (Wildman–Crippen LogP) is 3.38. The van der Waals surface area contributed by atoms with Gasteiger partial charge in [0.15, 0.2) is 14.1 Å². The summed E-state index contributed by atoms with van der Waals surface area (Å²) in [5.74, 6) is 0.640. The summed E-state index contributed by atoms with van der Waals surface area (Å²) in [5, 5.41) is 0.201. The molecule has 1 aliphatic carbocycles. The minimum absolute atomic E-state index is 0.201. The Balaban J connectivity index is 2.38. The van der Waals surface area contributed by atoms with Crippen LogP contribution >= 0.6 is 0 Å². The SMILES string of the molecule is CC(C)(C)[Si](C)(C)OCC(=O)C1CCC1. The first kappa shape index (κ1) is 12.9. The third-order valence-electron chi connectivity index (χ3n) is 3.94. The molecule has 0 N–H and O–H groups in total. The van der Waals surface area contributed by atoms with Gasteiger partial charge in [0.05, 0.1) is 6.61 Å². The molecule has 2 nitrogen and oxygen atoms in total. The van der Waals surface area contributed by atoms with Gasteiger partial charge in [-0.05, 0) is 31.0 Å². The molecule has 0 unspecified atom stereocenters. The van der Waals surface area contributed by atoms with Crippen LogP contribution in [0.25, 0.3) is 0 Å². The molecule has 15 heavy (non-hydrogen) atoms. The van der Waals surface area contributed by atoms with Gasteiger partial charge in [0.1, 0.15) is 0 Å². The van der Waals surface area contributed by atoms with Gasteiger partial charge in [0, 0.05) is 5.92 Å². The van der Waals surface area contributed by atoms with Gasteiger partial charge in [0.2, 0.25) is 0 Å². The fourth-order valence-corrected chi connectivity index (χ4v) is 2.25. The number of Topliss-reactive ketones (excluding diaryl/α,β-unsaturated/α-hetero) is 1. The number of rotatable bonds is 4. The molecule has 0 atom stereocenters. The maximum absolute atomic E-state index is 11.7. The molecule has 0 aromatic rings. The average Bonchev–Trinajstić information content (AvgIpc) is 1.95. The van der Waals surface area contributed by atoms with E-state index in [1.807, 2.05) is 0 Å². The standard InChI is InChI=1S/C12H24O2Si/c1-12(2,3)15(4,5)14-9-11(13)10-7-6-8-10/h10H,6-9H2,1-5H3. The number of carbonyl (C=O) groups excluding carboxylic acids is 1. The molecule has 1 rings (SSSR count). The summed E-state index contributed by atoms with van der Waals surface area (Å²) in [6.45, 7) is 11.3. The van der Waals surface area contributed by atoms with E-state index in [-0.39, 0.29) is 5.04 Å². The van der Waals surface area contributed by atoms with Gasteiger partial charge in [0.25, 0.3) is 0 Å². The number of carbonyl (C=O) groups is 1. The van der Waals surface area contributed by atoms with Crippen molar-refractivity contribution in [2.45, 2.75) is 58.2 Å². The molecule has 0 aromatic carbocycles. The Kier molecular flexibility index (Phi) is 3.77. The van der Waals surface area contributed by atoms with Gasteiger partial charge < -0.3 is 4.43 Å². The van der Waals surface area contributed by atoms with Crippen LogP contribution in [0, 0.1) is 5.92 Å². The summed E-state index contributed by atoms with van der Waals surface area (Å²) >= 11 is 0. The second-order valence-corrected chi connectivity index (χ2v) is 11.0. The lowest BCUT2D eigenvalue weighted by Gasteiger charge is -2.36. The Bertz CT molecular complexity index is 236. The van der Waals surface area contributed by atoms with Crippen molar-refractivity contribution in [1.29, 1.82) is 0 Å². The lowest BCUT2D eigenvalue weighted by Crippen LogP contribution is -2.43. The molecule has 88 valence electrons. The van der Waals surface area contributed by atoms with E-state index in [0.29, 0.717) is 18.3 Å². The van der Waals surface area contributed by atoms with Crippen LogP contribution in [0.1, 0.15) is 40.0 Å². The van der Waals surface area contributed by atoms with Crippen LogP contribution in [0.15, 0.2) is 0 Å². The van der Waals surface area contributed by atoms with Crippen LogP contribution in [-0.2, 0) is 9.22 Å². The fraction of sp³-hybridized carbons (Fsp3) is 0.917. The number of hydrogen-bond acceptors (Lipinski definition) is 2. The molecule has 0 spiro atoms. The highest BCUT2D eigenvalue weighted by Gasteiger charge is 2.38. The van der Waals surface area contributed by atoms with E-state index in [2.05, 4.69) is 33.9 Å². The summed E-state index contributed by atoms with van der Waals surface area (Å²) in [7, 11) is -1.72. The molecule has 0 aliphatic heterocycles. The molecule has 0 radical (unpaired) electrons. The summed E-state index contributed by atoms with van der Waals surface area (Å²) in [6.07, 6.45) is 3.38. The minimum atomic E-state index is -1.72. The fourth-order valence-electron chi connectivity index (χ4n) is 1.32. The van der Waals surface area contributed by atoms with E-state index >= 15 is 0 Å². The molecule has 1 saturated carbocycles. The Labute approximate surface area is 94.5 Å². The van der Waals surface area contributed by atoms with Crippen LogP contribution in [0.2, 0.25) is 18.1 Å². The van der Waals surface area contributed by atoms with E-state index in [9.17, 15) is 4.79 Å². The van der Waals surface area contributed by atoms with Crippen LogP contribution in [0.4, 0.5) is 0 Å². The molecule has 0 aromatic heterocycles. The highest BCUT2D eigenvalue weighted by Crippen LogP contribution is 2.37. The summed E-state index contributed by atoms with van der Waals surface area (Å²) in [6, 6.07) is 0. The third-order valence-corrected chi connectivity index (χ3v) is 8.42. The largest absolute Gasteiger partial charge is 0.410 e. The average molecular weight is 228 g/mol. The topological polar surface area (TPSA) is 26.3 Å². The quantitative estimate of drug-likeness (QED) is 0.690. The van der Waals surface area contributed by atoms with Crippen molar-refractivity contribution in [3.05, 3.63) is 0 Å². The monoisotopic (exact) mass is 228 g/mol. The Hall–Kier alpha value is -0.153. The predicted molar refractivity (Wildman–Crippen MR) is 65.5 cm³/mol. The minimum Gasteiger partial charge on any atom is -0.410 e. The molecule has 0 amide bonds. The van der Waals surface area contributed by atoms with Gasteiger partial charge >= 0.3 is 0 Å². The third kappa shape index (κ3) is 3.15. The van der Waals surface area contributed by atoms with Gasteiger partial charge in [-0.3, -0.25) is 4.79 Å². The molecule has 0 heterocycles. The number of hydrogen-bond donors (Lipinski definition) is 0. The summed E-state index contributed by atoms with van der Waals surface area (Å²) < 4.78 is 5.90. The number of ketones is 1. The van der Waals surface area contributed by atoms with E-state index in [0.717, 1.165) is 12.8 Å². The lowest BCUT2D eigenvalue weighted by atomic mass is 9.82. The normalized spacial score (nSPS) is 18.7. The van der Waals surface area contributed by atoms with Gasteiger partial charge in [-0.1, -0.05) is 27.2 Å². The van der Waals surface area contributed by atoms with Crippen molar-refractivity contribution in [2.24, 2.45) is 5.92 Å². The van der Waals surface area contributed by atoms with E-state index < -0.39 is 8.32 Å². The Morgan fingerprint density at radius 3 is 2.20 bits per heavy atom. The second kappa shape index (κ2) is 4.38. The van der Waals surface area contributed by atoms with Crippen molar-refractivity contribution in [1.82, 2.24) is 0 Å². The van der Waals surface area contributed by atoms with Gasteiger partial charge in [-0.25, -0.2) is 0 Å². The first-order valence-electron chi connectivity index (χ1n) is 5.91. The van der Waals surface area contributed by atoms with Gasteiger partial charge in [-0.15, -0.1) is 0 Å². The zero-order valence-corrected chi connectivity index (χ0v) is 11.7. The maximum Gasteiger partial charge on any atom is 0.192 e. The van der Waals surface area contributed by atoms with Crippen LogP contribution in [0.5, 0.6) is 0 Å². The zero-order valence-electron chi connectivity index (χ0n) is 10.7. The smallest absolute Gasteiger partial charge is 0.192 e. The van der Waals surface area contributed by atoms with E-state index in [4.69, 9.17) is 4.43 Å². The highest BCUT2D eigenvalue weighted by atomic mass is 28.4. The molecule has 0 saturated heterocycles. The second-order valence-electron chi connectivity index (χ2n) is 6.14.